The number of rotatable bonds is 6. The summed E-state index contributed by atoms with van der Waals surface area (Å²) in [6, 6.07) is 10.1. The van der Waals surface area contributed by atoms with E-state index in [2.05, 4.69) is 15.5 Å². The molecule has 0 aromatic heterocycles. The van der Waals surface area contributed by atoms with Crippen LogP contribution in [-0.4, -0.2) is 34.2 Å². The van der Waals surface area contributed by atoms with Gasteiger partial charge in [0.1, 0.15) is 0 Å². The SMILES string of the molecule is COc1c(/C=C2/SC(=NN=Cc3ccc([N+](=O)[O-])cc3)NC2=O)cccc1[N+](=O)[O-]. The molecule has 1 amide bonds. The van der Waals surface area contributed by atoms with E-state index < -0.39 is 15.8 Å². The summed E-state index contributed by atoms with van der Waals surface area (Å²) in [7, 11) is 1.31. The first kappa shape index (κ1) is 20.7. The number of nitro benzene ring substituents is 2. The van der Waals surface area contributed by atoms with Crippen LogP contribution >= 0.6 is 11.8 Å². The van der Waals surface area contributed by atoms with Gasteiger partial charge < -0.3 is 4.74 Å². The largest absolute Gasteiger partial charge is 0.490 e. The minimum Gasteiger partial charge on any atom is -0.490 e. The maximum absolute atomic E-state index is 12.2. The third-order valence-electron chi connectivity index (χ3n) is 3.82. The lowest BCUT2D eigenvalue weighted by molar-refractivity contribution is -0.385. The van der Waals surface area contributed by atoms with Crippen LogP contribution in [0.1, 0.15) is 11.1 Å². The Hall–Kier alpha value is -4.06. The van der Waals surface area contributed by atoms with E-state index in [1.807, 2.05) is 0 Å². The highest BCUT2D eigenvalue weighted by Crippen LogP contribution is 2.34. The van der Waals surface area contributed by atoms with Crippen LogP contribution in [0.5, 0.6) is 5.75 Å². The lowest BCUT2D eigenvalue weighted by atomic mass is 10.1. The summed E-state index contributed by atoms with van der Waals surface area (Å²) in [4.78, 5) is 33.1. The second kappa shape index (κ2) is 8.96. The van der Waals surface area contributed by atoms with Crippen LogP contribution in [0.25, 0.3) is 6.08 Å². The number of amidine groups is 1. The van der Waals surface area contributed by atoms with E-state index >= 15 is 0 Å². The third kappa shape index (κ3) is 4.67. The van der Waals surface area contributed by atoms with Gasteiger partial charge in [-0.15, -0.1) is 5.10 Å². The van der Waals surface area contributed by atoms with Crippen LogP contribution in [0.3, 0.4) is 0 Å². The number of amides is 1. The van der Waals surface area contributed by atoms with Gasteiger partial charge in [0.2, 0.25) is 5.75 Å². The third-order valence-corrected chi connectivity index (χ3v) is 4.72. The number of carbonyl (C=O) groups is 1. The molecule has 30 heavy (non-hydrogen) atoms. The summed E-state index contributed by atoms with van der Waals surface area (Å²) in [5.74, 6) is -0.386. The first-order chi connectivity index (χ1) is 14.4. The van der Waals surface area contributed by atoms with Crippen LogP contribution in [0.15, 0.2) is 57.6 Å². The van der Waals surface area contributed by atoms with Gasteiger partial charge in [0.05, 0.1) is 28.1 Å². The molecule has 0 spiro atoms. The van der Waals surface area contributed by atoms with Crippen molar-refractivity contribution in [2.75, 3.05) is 7.11 Å². The molecule has 0 atom stereocenters. The van der Waals surface area contributed by atoms with E-state index in [9.17, 15) is 25.0 Å². The average Bonchev–Trinajstić information content (AvgIpc) is 3.07. The number of thioether (sulfide) groups is 1. The minimum atomic E-state index is -0.567. The Bertz CT molecular complexity index is 1110. The zero-order chi connectivity index (χ0) is 21.7. The van der Waals surface area contributed by atoms with Crippen molar-refractivity contribution >= 4 is 46.5 Å². The molecule has 1 N–H and O–H groups in total. The molecule has 1 aliphatic rings. The van der Waals surface area contributed by atoms with Crippen molar-refractivity contribution in [1.82, 2.24) is 5.32 Å². The molecule has 1 saturated heterocycles. The van der Waals surface area contributed by atoms with Crippen molar-refractivity contribution < 1.29 is 19.4 Å². The molecule has 152 valence electrons. The number of benzene rings is 2. The summed E-state index contributed by atoms with van der Waals surface area (Å²) < 4.78 is 5.12. The Labute approximate surface area is 173 Å². The molecule has 0 bridgehead atoms. The average molecular weight is 427 g/mol. The zero-order valence-electron chi connectivity index (χ0n) is 15.3. The quantitative estimate of drug-likeness (QED) is 0.322. The highest BCUT2D eigenvalue weighted by molar-refractivity contribution is 8.18. The molecule has 0 unspecified atom stereocenters. The lowest BCUT2D eigenvalue weighted by Crippen LogP contribution is -2.19. The van der Waals surface area contributed by atoms with Crippen LogP contribution < -0.4 is 10.1 Å². The number of methoxy groups -OCH3 is 1. The molecule has 11 nitrogen and oxygen atoms in total. The summed E-state index contributed by atoms with van der Waals surface area (Å²) in [6.07, 6.45) is 2.85. The second-order valence-corrected chi connectivity index (χ2v) is 6.75. The van der Waals surface area contributed by atoms with Gasteiger partial charge in [-0.1, -0.05) is 12.1 Å². The van der Waals surface area contributed by atoms with Crippen molar-refractivity contribution in [3.05, 3.63) is 78.7 Å². The van der Waals surface area contributed by atoms with Crippen LogP contribution in [-0.2, 0) is 4.79 Å². The highest BCUT2D eigenvalue weighted by Gasteiger charge is 2.25. The summed E-state index contributed by atoms with van der Waals surface area (Å²) >= 11 is 1.01. The molecular weight excluding hydrogens is 414 g/mol. The van der Waals surface area contributed by atoms with Gasteiger partial charge in [-0.25, -0.2) is 0 Å². The van der Waals surface area contributed by atoms with Crippen molar-refractivity contribution in [2.24, 2.45) is 10.2 Å². The molecule has 3 rings (SSSR count). The van der Waals surface area contributed by atoms with Gasteiger partial charge in [0.15, 0.2) is 5.17 Å². The first-order valence-electron chi connectivity index (χ1n) is 8.27. The molecule has 0 aliphatic carbocycles. The van der Waals surface area contributed by atoms with E-state index in [0.29, 0.717) is 11.1 Å². The molecule has 12 heteroatoms. The van der Waals surface area contributed by atoms with Crippen LogP contribution in [0.2, 0.25) is 0 Å². The van der Waals surface area contributed by atoms with E-state index in [1.165, 1.54) is 55.8 Å². The number of nitrogens with one attached hydrogen (secondary N) is 1. The van der Waals surface area contributed by atoms with Gasteiger partial charge in [-0.2, -0.15) is 5.10 Å². The van der Waals surface area contributed by atoms with E-state index in [1.54, 1.807) is 6.07 Å². The number of non-ortho nitro benzene ring substituents is 1. The zero-order valence-corrected chi connectivity index (χ0v) is 16.2. The van der Waals surface area contributed by atoms with Gasteiger partial charge in [0.25, 0.3) is 11.6 Å². The Morgan fingerprint density at radius 3 is 2.47 bits per heavy atom. The predicted octanol–water partition coefficient (Wildman–Crippen LogP) is 3.11. The predicted molar refractivity (Wildman–Crippen MR) is 111 cm³/mol. The highest BCUT2D eigenvalue weighted by atomic mass is 32.2. The molecular formula is C18H13N5O6S. The number of ether oxygens (including phenoxy) is 1. The minimum absolute atomic E-state index is 0.0385. The van der Waals surface area contributed by atoms with E-state index in [0.717, 1.165) is 11.8 Å². The van der Waals surface area contributed by atoms with Crippen LogP contribution in [0, 0.1) is 20.2 Å². The fourth-order valence-electron chi connectivity index (χ4n) is 2.47. The van der Waals surface area contributed by atoms with Gasteiger partial charge in [-0.05, 0) is 35.5 Å². The standard InChI is InChI=1S/C18H13N5O6S/c1-29-16-12(3-2-4-14(16)23(27)28)9-15-17(24)20-18(30-15)21-19-10-11-5-7-13(8-6-11)22(25)26/h2-10H,1H3,(H,20,21,24)/b15-9+,19-10?. The van der Waals surface area contributed by atoms with E-state index in [-0.39, 0.29) is 27.2 Å². The van der Waals surface area contributed by atoms with Crippen LogP contribution in [0.4, 0.5) is 11.4 Å². The van der Waals surface area contributed by atoms with Crippen molar-refractivity contribution in [3.63, 3.8) is 0 Å². The maximum Gasteiger partial charge on any atom is 0.311 e. The number of nitrogens with zero attached hydrogens (tertiary/aromatic N) is 4. The topological polar surface area (TPSA) is 149 Å². The number of nitro groups is 2. The summed E-state index contributed by atoms with van der Waals surface area (Å²) in [5.41, 5.74) is 0.719. The smallest absolute Gasteiger partial charge is 0.311 e. The number of carbonyl (C=O) groups excluding carboxylic acids is 1. The number of para-hydroxylation sites is 1. The number of hydrogen-bond donors (Lipinski definition) is 1. The molecule has 1 heterocycles. The summed E-state index contributed by atoms with van der Waals surface area (Å²) in [6.45, 7) is 0. The maximum atomic E-state index is 12.2. The lowest BCUT2D eigenvalue weighted by Gasteiger charge is -2.05. The van der Waals surface area contributed by atoms with Crippen molar-refractivity contribution in [2.45, 2.75) is 0 Å². The molecule has 2 aromatic rings. The second-order valence-electron chi connectivity index (χ2n) is 5.72. The first-order valence-corrected chi connectivity index (χ1v) is 9.08. The fraction of sp³-hybridized carbons (Fsp3) is 0.0556. The molecule has 1 fully saturated rings. The fourth-order valence-corrected chi connectivity index (χ4v) is 3.24. The molecule has 1 aliphatic heterocycles. The van der Waals surface area contributed by atoms with Gasteiger partial charge in [0, 0.05) is 23.8 Å². The molecule has 0 saturated carbocycles. The monoisotopic (exact) mass is 427 g/mol. The van der Waals surface area contributed by atoms with Crippen molar-refractivity contribution in [3.8, 4) is 5.75 Å². The van der Waals surface area contributed by atoms with E-state index in [4.69, 9.17) is 4.74 Å². The van der Waals surface area contributed by atoms with Crippen molar-refractivity contribution in [1.29, 1.82) is 0 Å². The Kier molecular flexibility index (Phi) is 6.17. The Morgan fingerprint density at radius 2 is 1.83 bits per heavy atom. The molecule has 2 aromatic carbocycles. The Balaban J connectivity index is 1.77. The Morgan fingerprint density at radius 1 is 1.10 bits per heavy atom. The number of hydrogen-bond acceptors (Lipinski definition) is 9. The summed E-state index contributed by atoms with van der Waals surface area (Å²) in [5, 5.41) is 32.3. The normalized spacial score (nSPS) is 16.2. The molecule has 0 radical (unpaired) electrons. The van der Waals surface area contributed by atoms with Gasteiger partial charge >= 0.3 is 5.69 Å². The van der Waals surface area contributed by atoms with Gasteiger partial charge in [-0.3, -0.25) is 30.3 Å².